The van der Waals surface area contributed by atoms with Crippen LogP contribution in [0, 0.1) is 0 Å². The summed E-state index contributed by atoms with van der Waals surface area (Å²) in [4.78, 5) is 19.1. The third-order valence-electron chi connectivity index (χ3n) is 5.52. The number of allylic oxidation sites excluding steroid dienone is 1. The highest BCUT2D eigenvalue weighted by Crippen LogP contribution is 2.37. The van der Waals surface area contributed by atoms with Crippen molar-refractivity contribution in [2.75, 3.05) is 18.0 Å². The van der Waals surface area contributed by atoms with E-state index in [4.69, 9.17) is 4.98 Å². The number of carboxylic acid groups (broad SMARTS) is 1. The maximum atomic E-state index is 11.9. The number of pyridine rings is 1. The number of rotatable bonds is 5. The van der Waals surface area contributed by atoms with Crippen LogP contribution in [-0.2, 0) is 6.42 Å². The number of hydrogen-bond acceptors (Lipinski definition) is 3. The van der Waals surface area contributed by atoms with Gasteiger partial charge in [-0.15, -0.1) is 0 Å². The van der Waals surface area contributed by atoms with Gasteiger partial charge in [-0.25, -0.2) is 9.78 Å². The molecule has 0 unspecified atom stereocenters. The van der Waals surface area contributed by atoms with E-state index in [0.717, 1.165) is 59.2 Å². The zero-order valence-electron chi connectivity index (χ0n) is 16.3. The summed E-state index contributed by atoms with van der Waals surface area (Å²) < 4.78 is 0. The van der Waals surface area contributed by atoms with Crippen LogP contribution in [0.5, 0.6) is 0 Å². The van der Waals surface area contributed by atoms with Crippen LogP contribution >= 0.6 is 0 Å². The van der Waals surface area contributed by atoms with Gasteiger partial charge in [0.05, 0.1) is 16.8 Å². The number of nitrogens with zero attached hydrogens (tertiary/aromatic N) is 2. The lowest BCUT2D eigenvalue weighted by Gasteiger charge is -2.20. The Balaban J connectivity index is 1.76. The summed E-state index contributed by atoms with van der Waals surface area (Å²) in [5, 5.41) is 10.5. The summed E-state index contributed by atoms with van der Waals surface area (Å²) >= 11 is 0. The zero-order valence-corrected chi connectivity index (χ0v) is 16.3. The van der Waals surface area contributed by atoms with Gasteiger partial charge >= 0.3 is 5.97 Å². The quantitative estimate of drug-likeness (QED) is 0.663. The van der Waals surface area contributed by atoms with E-state index in [9.17, 15) is 9.90 Å². The minimum atomic E-state index is -0.875. The average Bonchev–Trinajstić information content (AvgIpc) is 3.10. The molecule has 4 heteroatoms. The standard InChI is InChI=1S/C24H24N2O2/c1-3-26(4-2)18-12-9-16(10-13-18)15-17-11-14-20-22(24(27)28)19-7-5-6-8-21(19)25-23(17)20/h5-10,12-13,15H,3-4,11,14H2,1-2H3,(H,27,28)/b17-15-. The van der Waals surface area contributed by atoms with Crippen LogP contribution in [-0.4, -0.2) is 29.1 Å². The third-order valence-corrected chi connectivity index (χ3v) is 5.52. The molecule has 1 N–H and O–H groups in total. The van der Waals surface area contributed by atoms with Crippen molar-refractivity contribution in [1.29, 1.82) is 0 Å². The predicted molar refractivity (Wildman–Crippen MR) is 115 cm³/mol. The van der Waals surface area contributed by atoms with Crippen molar-refractivity contribution in [1.82, 2.24) is 4.98 Å². The lowest BCUT2D eigenvalue weighted by atomic mass is 10.0. The molecule has 0 saturated carbocycles. The first-order chi connectivity index (χ1) is 13.6. The van der Waals surface area contributed by atoms with Gasteiger partial charge in [-0.1, -0.05) is 30.3 Å². The molecular formula is C24H24N2O2. The molecule has 4 rings (SSSR count). The maximum absolute atomic E-state index is 11.9. The summed E-state index contributed by atoms with van der Waals surface area (Å²) in [6.45, 7) is 6.29. The number of aromatic nitrogens is 1. The first-order valence-corrected chi connectivity index (χ1v) is 9.83. The van der Waals surface area contributed by atoms with E-state index in [2.05, 4.69) is 49.1 Å². The molecule has 0 bridgehead atoms. The van der Waals surface area contributed by atoms with Crippen LogP contribution in [0.15, 0.2) is 48.5 Å². The minimum absolute atomic E-state index is 0.404. The molecule has 0 radical (unpaired) electrons. The van der Waals surface area contributed by atoms with Gasteiger partial charge < -0.3 is 10.0 Å². The van der Waals surface area contributed by atoms with Crippen molar-refractivity contribution in [3.63, 3.8) is 0 Å². The molecule has 1 aliphatic rings. The summed E-state index contributed by atoms with van der Waals surface area (Å²) in [7, 11) is 0. The van der Waals surface area contributed by atoms with Crippen LogP contribution in [0.1, 0.15) is 47.4 Å². The molecule has 3 aromatic rings. The summed E-state index contributed by atoms with van der Waals surface area (Å²) in [6, 6.07) is 16.0. The van der Waals surface area contributed by atoms with Crippen molar-refractivity contribution in [2.24, 2.45) is 0 Å². The van der Waals surface area contributed by atoms with E-state index in [0.29, 0.717) is 5.56 Å². The molecule has 2 aromatic carbocycles. The van der Waals surface area contributed by atoms with E-state index in [1.165, 1.54) is 5.69 Å². The summed E-state index contributed by atoms with van der Waals surface area (Å²) in [5.41, 5.74) is 6.28. The van der Waals surface area contributed by atoms with Crippen molar-refractivity contribution < 1.29 is 9.90 Å². The van der Waals surface area contributed by atoms with E-state index in [1.54, 1.807) is 0 Å². The van der Waals surface area contributed by atoms with Gasteiger partial charge in [0.1, 0.15) is 0 Å². The number of carbonyl (C=O) groups is 1. The van der Waals surface area contributed by atoms with Crippen molar-refractivity contribution in [3.05, 3.63) is 70.9 Å². The minimum Gasteiger partial charge on any atom is -0.478 e. The first kappa shape index (κ1) is 18.2. The van der Waals surface area contributed by atoms with Crippen molar-refractivity contribution in [2.45, 2.75) is 26.7 Å². The highest BCUT2D eigenvalue weighted by atomic mass is 16.4. The molecule has 4 nitrogen and oxygen atoms in total. The average molecular weight is 372 g/mol. The number of benzene rings is 2. The van der Waals surface area contributed by atoms with Crippen LogP contribution in [0.25, 0.3) is 22.6 Å². The lowest BCUT2D eigenvalue weighted by Crippen LogP contribution is -2.21. The number of carboxylic acids is 1. The molecule has 0 amide bonds. The smallest absolute Gasteiger partial charge is 0.336 e. The number of hydrogen-bond donors (Lipinski definition) is 1. The number of fused-ring (bicyclic) bond motifs is 2. The Morgan fingerprint density at radius 3 is 2.46 bits per heavy atom. The maximum Gasteiger partial charge on any atom is 0.336 e. The van der Waals surface area contributed by atoms with Gasteiger partial charge in [-0.05, 0) is 67.7 Å². The largest absolute Gasteiger partial charge is 0.478 e. The summed E-state index contributed by atoms with van der Waals surface area (Å²) in [5.74, 6) is -0.875. The fourth-order valence-corrected chi connectivity index (χ4v) is 4.09. The predicted octanol–water partition coefficient (Wildman–Crippen LogP) is 5.27. The fraction of sp³-hybridized carbons (Fsp3) is 0.250. The second-order valence-electron chi connectivity index (χ2n) is 7.07. The molecule has 0 saturated heterocycles. The SMILES string of the molecule is CCN(CC)c1ccc(/C=C2/CCc3c2nc2ccccc2c3C(=O)O)cc1. The van der Waals surface area contributed by atoms with E-state index < -0.39 is 5.97 Å². The molecule has 0 aliphatic heterocycles. The molecule has 1 aliphatic carbocycles. The Morgan fingerprint density at radius 1 is 1.07 bits per heavy atom. The summed E-state index contributed by atoms with van der Waals surface area (Å²) in [6.07, 6.45) is 3.68. The Morgan fingerprint density at radius 2 is 1.79 bits per heavy atom. The van der Waals surface area contributed by atoms with Gasteiger partial charge in [0.25, 0.3) is 0 Å². The molecule has 1 aromatic heterocycles. The highest BCUT2D eigenvalue weighted by Gasteiger charge is 2.26. The number of para-hydroxylation sites is 1. The molecule has 0 atom stereocenters. The molecule has 1 heterocycles. The van der Waals surface area contributed by atoms with Crippen molar-refractivity contribution >= 4 is 34.2 Å². The van der Waals surface area contributed by atoms with Gasteiger partial charge in [0, 0.05) is 24.2 Å². The highest BCUT2D eigenvalue weighted by molar-refractivity contribution is 6.06. The van der Waals surface area contributed by atoms with E-state index >= 15 is 0 Å². The Labute approximate surface area is 165 Å². The number of aromatic carboxylic acids is 1. The lowest BCUT2D eigenvalue weighted by molar-refractivity contribution is 0.0698. The van der Waals surface area contributed by atoms with Crippen LogP contribution in [0.2, 0.25) is 0 Å². The van der Waals surface area contributed by atoms with Crippen LogP contribution in [0.4, 0.5) is 5.69 Å². The van der Waals surface area contributed by atoms with Crippen molar-refractivity contribution in [3.8, 4) is 0 Å². The first-order valence-electron chi connectivity index (χ1n) is 9.83. The Kier molecular flexibility index (Phi) is 4.86. The van der Waals surface area contributed by atoms with Gasteiger partial charge in [0.2, 0.25) is 0 Å². The Hall–Kier alpha value is -3.14. The Bertz CT molecular complexity index is 1060. The van der Waals surface area contributed by atoms with Gasteiger partial charge in [-0.3, -0.25) is 0 Å². The third kappa shape index (κ3) is 3.15. The van der Waals surface area contributed by atoms with E-state index in [-0.39, 0.29) is 0 Å². The topological polar surface area (TPSA) is 53.4 Å². The van der Waals surface area contributed by atoms with E-state index in [1.807, 2.05) is 24.3 Å². The molecular weight excluding hydrogens is 348 g/mol. The second kappa shape index (κ2) is 7.47. The monoisotopic (exact) mass is 372 g/mol. The molecule has 0 spiro atoms. The van der Waals surface area contributed by atoms with Crippen LogP contribution < -0.4 is 4.90 Å². The molecule has 28 heavy (non-hydrogen) atoms. The second-order valence-corrected chi connectivity index (χ2v) is 7.07. The van der Waals surface area contributed by atoms with Gasteiger partial charge in [-0.2, -0.15) is 0 Å². The molecule has 0 fully saturated rings. The fourth-order valence-electron chi connectivity index (χ4n) is 4.09. The number of anilines is 1. The van der Waals surface area contributed by atoms with Gasteiger partial charge in [0.15, 0.2) is 0 Å². The normalized spacial score (nSPS) is 14.4. The molecule has 142 valence electrons. The zero-order chi connectivity index (χ0) is 19.7. The van der Waals surface area contributed by atoms with Crippen LogP contribution in [0.3, 0.4) is 0 Å².